The number of aliphatic hydroxyl groups is 1. The molecular weight excluding hydrogens is 328 g/mol. The van der Waals surface area contributed by atoms with Crippen molar-refractivity contribution in [2.75, 3.05) is 0 Å². The van der Waals surface area contributed by atoms with Crippen LogP contribution < -0.4 is 0 Å². The predicted molar refractivity (Wildman–Crippen MR) is 89.5 cm³/mol. The van der Waals surface area contributed by atoms with Gasteiger partial charge in [-0.25, -0.2) is 4.98 Å². The Hall–Kier alpha value is -2.70. The summed E-state index contributed by atoms with van der Waals surface area (Å²) in [7, 11) is 0. The largest absolute Gasteiger partial charge is 0.388 e. The van der Waals surface area contributed by atoms with Gasteiger partial charge in [0.05, 0.1) is 28.2 Å². The first-order valence-electron chi connectivity index (χ1n) is 7.39. The summed E-state index contributed by atoms with van der Waals surface area (Å²) in [4.78, 5) is 8.82. The first-order valence-corrected chi connectivity index (χ1v) is 7.76. The molecule has 0 atom stereocenters. The van der Waals surface area contributed by atoms with E-state index in [1.54, 1.807) is 6.07 Å². The van der Waals surface area contributed by atoms with Gasteiger partial charge in [-0.3, -0.25) is 0 Å². The zero-order chi connectivity index (χ0) is 16.5. The molecule has 0 unspecified atom stereocenters. The smallest absolute Gasteiger partial charge is 0.259 e. The van der Waals surface area contributed by atoms with Gasteiger partial charge in [0.2, 0.25) is 0 Å². The van der Waals surface area contributed by atoms with Crippen molar-refractivity contribution >= 4 is 22.6 Å². The van der Waals surface area contributed by atoms with Gasteiger partial charge >= 0.3 is 0 Å². The minimum Gasteiger partial charge on any atom is -0.388 e. The molecule has 4 aromatic rings. The molecule has 0 saturated heterocycles. The molecule has 2 aromatic heterocycles. The maximum Gasteiger partial charge on any atom is 0.259 e. The Morgan fingerprint density at radius 2 is 1.83 bits per heavy atom. The molecule has 6 nitrogen and oxygen atoms in total. The Labute approximate surface area is 142 Å². The van der Waals surface area contributed by atoms with Gasteiger partial charge in [0, 0.05) is 0 Å². The number of nitrogens with zero attached hydrogens (tertiary/aromatic N) is 4. The SMILES string of the molecule is OCc1nc2ccccc2n1Cc1noc(-c2ccccc2Cl)n1. The van der Waals surface area contributed by atoms with Crippen LogP contribution in [-0.4, -0.2) is 24.8 Å². The quantitative estimate of drug-likeness (QED) is 0.617. The van der Waals surface area contributed by atoms with Crippen LogP contribution in [0.4, 0.5) is 0 Å². The topological polar surface area (TPSA) is 77.0 Å². The highest BCUT2D eigenvalue weighted by atomic mass is 35.5. The average molecular weight is 341 g/mol. The van der Waals surface area contributed by atoms with Crippen molar-refractivity contribution in [2.24, 2.45) is 0 Å². The highest BCUT2D eigenvalue weighted by molar-refractivity contribution is 6.33. The predicted octanol–water partition coefficient (Wildman–Crippen LogP) is 3.28. The van der Waals surface area contributed by atoms with E-state index in [9.17, 15) is 5.11 Å². The molecule has 0 fully saturated rings. The molecule has 120 valence electrons. The van der Waals surface area contributed by atoms with Crippen LogP contribution in [0.2, 0.25) is 5.02 Å². The number of imidazole rings is 1. The van der Waals surface area contributed by atoms with E-state index in [-0.39, 0.29) is 6.61 Å². The molecule has 2 aromatic carbocycles. The zero-order valence-corrected chi connectivity index (χ0v) is 13.3. The molecule has 0 amide bonds. The van der Waals surface area contributed by atoms with Crippen molar-refractivity contribution in [3.63, 3.8) is 0 Å². The van der Waals surface area contributed by atoms with E-state index in [2.05, 4.69) is 15.1 Å². The van der Waals surface area contributed by atoms with Crippen LogP contribution in [0.1, 0.15) is 11.6 Å². The van der Waals surface area contributed by atoms with Gasteiger partial charge in [-0.2, -0.15) is 4.98 Å². The third-order valence-electron chi connectivity index (χ3n) is 3.75. The second-order valence-corrected chi connectivity index (χ2v) is 5.66. The van der Waals surface area contributed by atoms with Crippen molar-refractivity contribution in [1.82, 2.24) is 19.7 Å². The van der Waals surface area contributed by atoms with E-state index >= 15 is 0 Å². The van der Waals surface area contributed by atoms with Crippen molar-refractivity contribution in [3.05, 3.63) is 65.2 Å². The molecule has 0 aliphatic rings. The molecule has 2 heterocycles. The van der Waals surface area contributed by atoms with Crippen molar-refractivity contribution in [2.45, 2.75) is 13.2 Å². The average Bonchev–Trinajstić information content (AvgIpc) is 3.21. The summed E-state index contributed by atoms with van der Waals surface area (Å²) in [6.45, 7) is 0.189. The molecule has 0 aliphatic heterocycles. The molecule has 0 bridgehead atoms. The first kappa shape index (κ1) is 14.9. The maximum atomic E-state index is 9.55. The van der Waals surface area contributed by atoms with E-state index in [1.807, 2.05) is 47.0 Å². The van der Waals surface area contributed by atoms with Crippen molar-refractivity contribution < 1.29 is 9.63 Å². The third-order valence-corrected chi connectivity index (χ3v) is 4.08. The van der Waals surface area contributed by atoms with E-state index in [4.69, 9.17) is 16.1 Å². The van der Waals surface area contributed by atoms with Crippen LogP contribution in [0, 0.1) is 0 Å². The summed E-state index contributed by atoms with van der Waals surface area (Å²) < 4.78 is 7.20. The number of aliphatic hydroxyl groups excluding tert-OH is 1. The van der Waals surface area contributed by atoms with E-state index in [1.165, 1.54) is 0 Å². The Morgan fingerprint density at radius 3 is 2.67 bits per heavy atom. The zero-order valence-electron chi connectivity index (χ0n) is 12.6. The lowest BCUT2D eigenvalue weighted by Gasteiger charge is -2.04. The fourth-order valence-corrected chi connectivity index (χ4v) is 2.84. The molecular formula is C17H13ClN4O2. The van der Waals surface area contributed by atoms with Gasteiger partial charge in [-0.05, 0) is 24.3 Å². The lowest BCUT2D eigenvalue weighted by atomic mass is 10.2. The minimum atomic E-state index is -0.163. The van der Waals surface area contributed by atoms with Gasteiger partial charge in [0.1, 0.15) is 12.4 Å². The number of aromatic nitrogens is 4. The lowest BCUT2D eigenvalue weighted by molar-refractivity contribution is 0.266. The van der Waals surface area contributed by atoms with E-state index in [0.29, 0.717) is 34.7 Å². The number of benzene rings is 2. The summed E-state index contributed by atoms with van der Waals surface area (Å²) in [5.41, 5.74) is 2.41. The van der Waals surface area contributed by atoms with Crippen molar-refractivity contribution in [3.8, 4) is 11.5 Å². The molecule has 0 radical (unpaired) electrons. The standard InChI is InChI=1S/C17H13ClN4O2/c18-12-6-2-1-5-11(12)17-20-15(21-24-17)9-22-14-8-4-3-7-13(14)19-16(22)10-23/h1-8,23H,9-10H2. The monoisotopic (exact) mass is 340 g/mol. The van der Waals surface area contributed by atoms with Crippen LogP contribution in [0.5, 0.6) is 0 Å². The number of hydrogen-bond acceptors (Lipinski definition) is 5. The highest BCUT2D eigenvalue weighted by Crippen LogP contribution is 2.26. The Morgan fingerprint density at radius 1 is 1.04 bits per heavy atom. The second-order valence-electron chi connectivity index (χ2n) is 5.26. The highest BCUT2D eigenvalue weighted by Gasteiger charge is 2.15. The number of para-hydroxylation sites is 2. The molecule has 4 rings (SSSR count). The maximum absolute atomic E-state index is 9.55. The molecule has 0 aliphatic carbocycles. The summed E-state index contributed by atoms with van der Waals surface area (Å²) in [5.74, 6) is 1.41. The molecule has 24 heavy (non-hydrogen) atoms. The summed E-state index contributed by atoms with van der Waals surface area (Å²) in [5, 5.41) is 14.1. The van der Waals surface area contributed by atoms with E-state index < -0.39 is 0 Å². The summed E-state index contributed by atoms with van der Waals surface area (Å²) in [6, 6.07) is 15.0. The Kier molecular flexibility index (Phi) is 3.76. The molecule has 0 spiro atoms. The first-order chi connectivity index (χ1) is 11.8. The summed E-state index contributed by atoms with van der Waals surface area (Å²) >= 11 is 6.16. The number of hydrogen-bond donors (Lipinski definition) is 1. The molecule has 7 heteroatoms. The van der Waals surface area contributed by atoms with Gasteiger partial charge in [-0.15, -0.1) is 0 Å². The van der Waals surface area contributed by atoms with Gasteiger partial charge in [-0.1, -0.05) is 41.0 Å². The normalized spacial score (nSPS) is 11.2. The van der Waals surface area contributed by atoms with Crippen LogP contribution in [0.3, 0.4) is 0 Å². The van der Waals surface area contributed by atoms with Crippen LogP contribution >= 0.6 is 11.6 Å². The number of halogens is 1. The van der Waals surface area contributed by atoms with Crippen molar-refractivity contribution in [1.29, 1.82) is 0 Å². The second kappa shape index (κ2) is 6.07. The van der Waals surface area contributed by atoms with Gasteiger partial charge < -0.3 is 14.2 Å². The van der Waals surface area contributed by atoms with E-state index in [0.717, 1.165) is 11.0 Å². The molecule has 1 N–H and O–H groups in total. The van der Waals surface area contributed by atoms with Crippen LogP contribution in [0.15, 0.2) is 53.1 Å². The minimum absolute atomic E-state index is 0.163. The Bertz CT molecular complexity index is 1010. The lowest BCUT2D eigenvalue weighted by Crippen LogP contribution is -2.06. The van der Waals surface area contributed by atoms with Gasteiger partial charge in [0.15, 0.2) is 5.82 Å². The molecule has 0 saturated carbocycles. The fourth-order valence-electron chi connectivity index (χ4n) is 2.63. The third kappa shape index (κ3) is 2.55. The van der Waals surface area contributed by atoms with Crippen LogP contribution in [0.25, 0.3) is 22.5 Å². The van der Waals surface area contributed by atoms with Crippen LogP contribution in [-0.2, 0) is 13.2 Å². The number of fused-ring (bicyclic) bond motifs is 1. The summed E-state index contributed by atoms with van der Waals surface area (Å²) in [6.07, 6.45) is 0. The fraction of sp³-hybridized carbons (Fsp3) is 0.118. The number of rotatable bonds is 4. The van der Waals surface area contributed by atoms with Gasteiger partial charge in [0.25, 0.3) is 5.89 Å². The Balaban J connectivity index is 1.71.